The maximum atomic E-state index is 14.1. The van der Waals surface area contributed by atoms with E-state index in [-0.39, 0.29) is 30.3 Å². The van der Waals surface area contributed by atoms with Gasteiger partial charge in [-0.3, -0.25) is 19.2 Å². The Kier molecular flexibility index (Phi) is 11.8. The molecule has 13 nitrogen and oxygen atoms in total. The van der Waals surface area contributed by atoms with E-state index in [0.717, 1.165) is 5.56 Å². The first kappa shape index (κ1) is 38.2. The third kappa shape index (κ3) is 8.98. The van der Waals surface area contributed by atoms with Gasteiger partial charge in [0.25, 0.3) is 0 Å². The van der Waals surface area contributed by atoms with Crippen molar-refractivity contribution < 1.29 is 42.7 Å². The van der Waals surface area contributed by atoms with Crippen molar-refractivity contribution in [1.29, 1.82) is 0 Å². The highest BCUT2D eigenvalue weighted by Gasteiger charge is 2.70. The minimum atomic E-state index is -2.91. The fourth-order valence-electron chi connectivity index (χ4n) is 6.41. The summed E-state index contributed by atoms with van der Waals surface area (Å²) in [7, 11) is 0. The van der Waals surface area contributed by atoms with Crippen molar-refractivity contribution in [1.82, 2.24) is 26.2 Å². The highest BCUT2D eigenvalue weighted by Crippen LogP contribution is 2.65. The van der Waals surface area contributed by atoms with E-state index < -0.39 is 84.0 Å². The second-order valence-electron chi connectivity index (χ2n) is 14.7. The summed E-state index contributed by atoms with van der Waals surface area (Å²) in [4.78, 5) is 78.1. The molecule has 0 aromatic heterocycles. The van der Waals surface area contributed by atoms with Crippen molar-refractivity contribution in [3.05, 3.63) is 35.4 Å². The van der Waals surface area contributed by atoms with Crippen LogP contribution in [0, 0.1) is 28.6 Å². The van der Waals surface area contributed by atoms with Gasteiger partial charge in [0.05, 0.1) is 0 Å². The maximum Gasteiger partial charge on any atom is 0.326 e. The number of hydrogen-bond acceptors (Lipinski definition) is 6. The van der Waals surface area contributed by atoms with Crippen LogP contribution >= 0.6 is 0 Å². The van der Waals surface area contributed by atoms with Gasteiger partial charge in [0.2, 0.25) is 30.1 Å². The fourth-order valence-corrected chi connectivity index (χ4v) is 6.41. The van der Waals surface area contributed by atoms with Crippen LogP contribution in [0.1, 0.15) is 70.8 Å². The predicted molar refractivity (Wildman–Crippen MR) is 172 cm³/mol. The Balaban J connectivity index is 1.76. The zero-order chi connectivity index (χ0) is 36.3. The molecule has 0 unspecified atom stereocenters. The monoisotopic (exact) mass is 678 g/mol. The lowest BCUT2D eigenvalue weighted by Crippen LogP contribution is -2.62. The van der Waals surface area contributed by atoms with Crippen LogP contribution < -0.4 is 27.0 Å². The minimum absolute atomic E-state index is 0.0661. The number of fused-ring (bicyclic) bond motifs is 1. The molecule has 7 N–H and O–H groups in total. The van der Waals surface area contributed by atoms with Crippen LogP contribution in [0.2, 0.25) is 0 Å². The molecule has 1 aliphatic carbocycles. The normalized spacial score (nSPS) is 21.5. The van der Waals surface area contributed by atoms with Crippen molar-refractivity contribution in [2.24, 2.45) is 34.3 Å². The topological polar surface area (TPSA) is 200 Å². The highest BCUT2D eigenvalue weighted by atomic mass is 19.3. The molecule has 1 saturated carbocycles. The number of urea groups is 1. The van der Waals surface area contributed by atoms with Crippen LogP contribution in [0.15, 0.2) is 24.3 Å². The molecule has 0 spiro atoms. The number of nitrogens with zero attached hydrogens (tertiary/aromatic N) is 1. The Bertz CT molecular complexity index is 1400. The number of alkyl halides is 2. The smallest absolute Gasteiger partial charge is 0.326 e. The van der Waals surface area contributed by atoms with Crippen molar-refractivity contribution in [2.45, 2.75) is 91.9 Å². The Morgan fingerprint density at radius 2 is 1.62 bits per heavy atom. The molecule has 266 valence electrons. The molecule has 1 aromatic carbocycles. The standard InChI is InChI=1S/C33H48F2N6O7/c1-16(2)23(30(46)47)39-31(48)40-25(32(3,4)5)29(45)41-15-19-22(33(19,6)7)24(41)28(44)38-20(14-21(34)35)27(43)37-13-12-17-8-10-18(11-9-17)26(36)42/h8-11,16,19-25H,12-15H2,1-7H3,(H2,36,42)(H,37,43)(H,38,44)(H,46,47)(H2,39,40,48)/t19-,20-,22-,23-,24-,25+/m0/s1. The number of nitrogens with two attached hydrogens (primary N) is 1. The number of rotatable bonds is 14. The third-order valence-electron chi connectivity index (χ3n) is 9.37. The van der Waals surface area contributed by atoms with Gasteiger partial charge >= 0.3 is 12.0 Å². The van der Waals surface area contributed by atoms with Gasteiger partial charge in [0.1, 0.15) is 24.2 Å². The molecule has 0 bridgehead atoms. The number of likely N-dealkylation sites (tertiary alicyclic amines) is 1. The summed E-state index contributed by atoms with van der Waals surface area (Å²) in [6.45, 7) is 12.5. The van der Waals surface area contributed by atoms with E-state index in [1.54, 1.807) is 46.8 Å². The SMILES string of the molecule is CC(C)[C@H](NC(=O)N[C@H](C(=O)N1C[C@H]2[C@@H]([C@H]1C(=O)N[C@@H](CC(F)F)C(=O)NCCc1ccc(C(N)=O)cc1)C2(C)C)C(C)(C)C)C(=O)O. The number of primary amides is 1. The van der Waals surface area contributed by atoms with E-state index in [4.69, 9.17) is 5.73 Å². The lowest BCUT2D eigenvalue weighted by molar-refractivity contribution is -0.144. The molecular weight excluding hydrogens is 630 g/mol. The number of amides is 6. The van der Waals surface area contributed by atoms with Crippen LogP contribution in [0.3, 0.4) is 0 Å². The molecule has 1 saturated heterocycles. The number of carbonyl (C=O) groups is 6. The molecule has 48 heavy (non-hydrogen) atoms. The molecule has 1 aromatic rings. The summed E-state index contributed by atoms with van der Waals surface area (Å²) >= 11 is 0. The second kappa shape index (κ2) is 14.9. The van der Waals surface area contributed by atoms with Crippen molar-refractivity contribution in [3.63, 3.8) is 0 Å². The summed E-state index contributed by atoms with van der Waals surface area (Å²) in [5.41, 5.74) is 5.12. The van der Waals surface area contributed by atoms with Gasteiger partial charge in [-0.1, -0.05) is 60.6 Å². The zero-order valence-corrected chi connectivity index (χ0v) is 28.4. The van der Waals surface area contributed by atoms with Crippen LogP contribution in [0.4, 0.5) is 13.6 Å². The number of benzene rings is 1. The molecule has 2 aliphatic rings. The first-order valence-electron chi connectivity index (χ1n) is 16.0. The van der Waals surface area contributed by atoms with Gasteiger partial charge in [-0.25, -0.2) is 18.4 Å². The second-order valence-corrected chi connectivity index (χ2v) is 14.7. The lowest BCUT2D eigenvalue weighted by Gasteiger charge is -2.38. The van der Waals surface area contributed by atoms with Gasteiger partial charge in [-0.05, 0) is 52.7 Å². The Labute approximate surface area is 279 Å². The fraction of sp³-hybridized carbons (Fsp3) is 0.636. The van der Waals surface area contributed by atoms with Crippen LogP contribution in [0.5, 0.6) is 0 Å². The van der Waals surface area contributed by atoms with E-state index in [2.05, 4.69) is 21.3 Å². The average Bonchev–Trinajstić information content (AvgIpc) is 3.28. The third-order valence-corrected chi connectivity index (χ3v) is 9.37. The van der Waals surface area contributed by atoms with E-state index >= 15 is 0 Å². The van der Waals surface area contributed by atoms with Gasteiger partial charge in [0, 0.05) is 25.1 Å². The van der Waals surface area contributed by atoms with E-state index in [9.17, 15) is 42.7 Å². The molecule has 2 fully saturated rings. The first-order chi connectivity index (χ1) is 22.2. The summed E-state index contributed by atoms with van der Waals surface area (Å²) in [5, 5.41) is 19.5. The number of aliphatic carboxylic acids is 1. The Hall–Kier alpha value is -4.30. The molecule has 1 aliphatic heterocycles. The van der Waals surface area contributed by atoms with Gasteiger partial charge in [-0.15, -0.1) is 0 Å². The van der Waals surface area contributed by atoms with Gasteiger partial charge < -0.3 is 37.0 Å². The predicted octanol–water partition coefficient (Wildman–Crippen LogP) is 1.89. The number of halogens is 2. The van der Waals surface area contributed by atoms with Crippen molar-refractivity contribution in [3.8, 4) is 0 Å². The van der Waals surface area contributed by atoms with Crippen LogP contribution in [-0.4, -0.2) is 89.3 Å². The number of piperidine rings is 1. The van der Waals surface area contributed by atoms with E-state index in [1.165, 1.54) is 17.0 Å². The van der Waals surface area contributed by atoms with Gasteiger partial charge in [0.15, 0.2) is 0 Å². The van der Waals surface area contributed by atoms with Crippen molar-refractivity contribution >= 4 is 35.6 Å². The molecule has 15 heteroatoms. The summed E-state index contributed by atoms with van der Waals surface area (Å²) in [6.07, 6.45) is -3.54. The van der Waals surface area contributed by atoms with Crippen LogP contribution in [-0.2, 0) is 25.6 Å². The first-order valence-corrected chi connectivity index (χ1v) is 16.0. The molecule has 0 radical (unpaired) electrons. The van der Waals surface area contributed by atoms with Gasteiger partial charge in [-0.2, -0.15) is 0 Å². The lowest BCUT2D eigenvalue weighted by atomic mass is 9.85. The average molecular weight is 679 g/mol. The summed E-state index contributed by atoms with van der Waals surface area (Å²) < 4.78 is 27.2. The number of nitrogens with one attached hydrogen (secondary N) is 4. The quantitative estimate of drug-likeness (QED) is 0.173. The number of hydrogen-bond donors (Lipinski definition) is 6. The Morgan fingerprint density at radius 3 is 2.12 bits per heavy atom. The Morgan fingerprint density at radius 1 is 1.02 bits per heavy atom. The number of carbonyl (C=O) groups excluding carboxylic acids is 5. The zero-order valence-electron chi connectivity index (χ0n) is 28.4. The minimum Gasteiger partial charge on any atom is -0.480 e. The molecular formula is C33H48F2N6O7. The maximum absolute atomic E-state index is 14.1. The molecule has 3 rings (SSSR count). The number of carboxylic acid groups (broad SMARTS) is 1. The summed E-state index contributed by atoms with van der Waals surface area (Å²) in [6, 6.07) is 0.450. The highest BCUT2D eigenvalue weighted by molar-refractivity contribution is 5.96. The van der Waals surface area contributed by atoms with E-state index in [0.29, 0.717) is 12.0 Å². The summed E-state index contributed by atoms with van der Waals surface area (Å²) in [5.74, 6) is -4.82. The molecule has 6 amide bonds. The van der Waals surface area contributed by atoms with E-state index in [1.807, 2.05) is 13.8 Å². The number of carboxylic acids is 1. The van der Waals surface area contributed by atoms with Crippen molar-refractivity contribution in [2.75, 3.05) is 13.1 Å². The molecule has 6 atom stereocenters. The van der Waals surface area contributed by atoms with Crippen LogP contribution in [0.25, 0.3) is 0 Å². The molecule has 1 heterocycles. The largest absolute Gasteiger partial charge is 0.480 e.